The molecule has 0 aliphatic heterocycles. The van der Waals surface area contributed by atoms with Gasteiger partial charge in [-0.1, -0.05) is 20.8 Å². The van der Waals surface area contributed by atoms with Crippen LogP contribution in [0.1, 0.15) is 47.0 Å². The van der Waals surface area contributed by atoms with Gasteiger partial charge in [-0.25, -0.2) is 0 Å². The van der Waals surface area contributed by atoms with E-state index in [2.05, 4.69) is 26.1 Å². The van der Waals surface area contributed by atoms with Gasteiger partial charge in [0.1, 0.15) is 0 Å². The van der Waals surface area contributed by atoms with Gasteiger partial charge >= 0.3 is 0 Å². The van der Waals surface area contributed by atoms with Crippen molar-refractivity contribution in [2.24, 2.45) is 5.41 Å². The average Bonchev–Trinajstić information content (AvgIpc) is 2.15. The summed E-state index contributed by atoms with van der Waals surface area (Å²) in [4.78, 5) is 11.5. The summed E-state index contributed by atoms with van der Waals surface area (Å²) in [6.07, 6.45) is 2.24. The van der Waals surface area contributed by atoms with Crippen molar-refractivity contribution in [1.82, 2.24) is 5.32 Å². The second-order valence-corrected chi connectivity index (χ2v) is 5.84. The quantitative estimate of drug-likeness (QED) is 0.640. The van der Waals surface area contributed by atoms with Crippen LogP contribution in [-0.2, 0) is 4.79 Å². The third kappa shape index (κ3) is 6.80. The number of carbonyl (C=O) groups excluding carboxylic acids is 1. The highest BCUT2D eigenvalue weighted by atomic mass is 16.3. The number of aliphatic hydroxyl groups excluding tert-OH is 2. The third-order valence-corrected chi connectivity index (χ3v) is 2.47. The summed E-state index contributed by atoms with van der Waals surface area (Å²) in [6, 6.07) is 0. The SMILES string of the molecule is CC(C)(C)CCCC(=O)NC(C)(CO)CO. The van der Waals surface area contributed by atoms with E-state index in [9.17, 15) is 4.79 Å². The first-order valence-electron chi connectivity index (χ1n) is 5.75. The second kappa shape index (κ2) is 6.21. The Bertz CT molecular complexity index is 217. The Labute approximate surface area is 98.1 Å². The van der Waals surface area contributed by atoms with Crippen LogP contribution in [0.15, 0.2) is 0 Å². The molecule has 4 heteroatoms. The first-order chi connectivity index (χ1) is 7.22. The molecule has 16 heavy (non-hydrogen) atoms. The lowest BCUT2D eigenvalue weighted by Crippen LogP contribution is -2.51. The van der Waals surface area contributed by atoms with Gasteiger partial charge in [0.25, 0.3) is 0 Å². The lowest BCUT2D eigenvalue weighted by Gasteiger charge is -2.26. The van der Waals surface area contributed by atoms with Crippen molar-refractivity contribution in [1.29, 1.82) is 0 Å². The van der Waals surface area contributed by atoms with Crippen molar-refractivity contribution >= 4 is 5.91 Å². The molecule has 0 radical (unpaired) electrons. The minimum atomic E-state index is -0.904. The minimum Gasteiger partial charge on any atom is -0.394 e. The smallest absolute Gasteiger partial charge is 0.220 e. The van der Waals surface area contributed by atoms with E-state index < -0.39 is 5.54 Å². The Morgan fingerprint density at radius 3 is 2.00 bits per heavy atom. The summed E-state index contributed by atoms with van der Waals surface area (Å²) >= 11 is 0. The zero-order chi connectivity index (χ0) is 12.8. The molecule has 3 N–H and O–H groups in total. The Morgan fingerprint density at radius 1 is 1.12 bits per heavy atom. The molecule has 0 atom stereocenters. The Balaban J connectivity index is 3.91. The molecule has 96 valence electrons. The van der Waals surface area contributed by atoms with Gasteiger partial charge in [0.05, 0.1) is 18.8 Å². The average molecular weight is 231 g/mol. The second-order valence-electron chi connectivity index (χ2n) is 5.84. The van der Waals surface area contributed by atoms with Crippen LogP contribution in [0.3, 0.4) is 0 Å². The molecule has 0 aromatic rings. The molecule has 0 unspecified atom stereocenters. The van der Waals surface area contributed by atoms with Crippen LogP contribution < -0.4 is 5.32 Å². The van der Waals surface area contributed by atoms with Gasteiger partial charge < -0.3 is 15.5 Å². The molecule has 0 spiro atoms. The molecular weight excluding hydrogens is 206 g/mol. The number of rotatable bonds is 6. The maximum absolute atomic E-state index is 11.5. The molecule has 0 fully saturated rings. The minimum absolute atomic E-state index is 0.116. The molecule has 0 saturated heterocycles. The van der Waals surface area contributed by atoms with Crippen molar-refractivity contribution in [2.75, 3.05) is 13.2 Å². The molecule has 0 aliphatic carbocycles. The fourth-order valence-electron chi connectivity index (χ4n) is 1.31. The summed E-state index contributed by atoms with van der Waals surface area (Å²) < 4.78 is 0. The van der Waals surface area contributed by atoms with E-state index in [-0.39, 0.29) is 24.5 Å². The lowest BCUT2D eigenvalue weighted by molar-refractivity contribution is -0.124. The first-order valence-corrected chi connectivity index (χ1v) is 5.75. The molecule has 0 rings (SSSR count). The summed E-state index contributed by atoms with van der Waals surface area (Å²) in [5.74, 6) is -0.116. The van der Waals surface area contributed by atoms with E-state index in [1.807, 2.05) is 0 Å². The standard InChI is InChI=1S/C12H25NO3/c1-11(2,3)7-5-6-10(16)13-12(4,8-14)9-15/h14-15H,5-9H2,1-4H3,(H,13,16). The van der Waals surface area contributed by atoms with Gasteiger partial charge in [0.2, 0.25) is 5.91 Å². The maximum atomic E-state index is 11.5. The summed E-state index contributed by atoms with van der Waals surface area (Å²) in [5, 5.41) is 20.7. The highest BCUT2D eigenvalue weighted by Gasteiger charge is 2.24. The zero-order valence-corrected chi connectivity index (χ0v) is 10.8. The summed E-state index contributed by atoms with van der Waals surface area (Å²) in [7, 11) is 0. The van der Waals surface area contributed by atoms with Crippen LogP contribution in [0, 0.1) is 5.41 Å². The molecule has 0 heterocycles. The van der Waals surface area contributed by atoms with Gasteiger partial charge in [-0.3, -0.25) is 4.79 Å². The van der Waals surface area contributed by atoms with Crippen LogP contribution in [0.4, 0.5) is 0 Å². The molecule has 0 aliphatic rings. The zero-order valence-electron chi connectivity index (χ0n) is 10.8. The third-order valence-electron chi connectivity index (χ3n) is 2.47. The molecule has 4 nitrogen and oxygen atoms in total. The predicted octanol–water partition coefficient (Wildman–Crippen LogP) is 1.06. The fourth-order valence-corrected chi connectivity index (χ4v) is 1.31. The normalized spacial score (nSPS) is 12.6. The van der Waals surface area contributed by atoms with Crippen molar-refractivity contribution in [2.45, 2.75) is 52.5 Å². The molecule has 1 amide bonds. The molecular formula is C12H25NO3. The van der Waals surface area contributed by atoms with E-state index in [4.69, 9.17) is 10.2 Å². The molecule has 0 aromatic heterocycles. The molecule has 0 aromatic carbocycles. The molecule has 0 saturated carbocycles. The van der Waals surface area contributed by atoms with Crippen molar-refractivity contribution in [3.8, 4) is 0 Å². The number of aliphatic hydroxyl groups is 2. The van der Waals surface area contributed by atoms with E-state index in [0.29, 0.717) is 6.42 Å². The maximum Gasteiger partial charge on any atom is 0.220 e. The summed E-state index contributed by atoms with van der Waals surface area (Å²) in [6.45, 7) is 7.51. The van der Waals surface area contributed by atoms with Crippen molar-refractivity contribution < 1.29 is 15.0 Å². The number of amides is 1. The van der Waals surface area contributed by atoms with Crippen LogP contribution in [0.2, 0.25) is 0 Å². The highest BCUT2D eigenvalue weighted by molar-refractivity contribution is 5.76. The largest absolute Gasteiger partial charge is 0.394 e. The van der Waals surface area contributed by atoms with E-state index in [1.54, 1.807) is 6.92 Å². The van der Waals surface area contributed by atoms with Gasteiger partial charge in [-0.2, -0.15) is 0 Å². The van der Waals surface area contributed by atoms with Gasteiger partial charge in [0.15, 0.2) is 0 Å². The lowest BCUT2D eigenvalue weighted by atomic mass is 9.90. The van der Waals surface area contributed by atoms with Gasteiger partial charge in [-0.05, 0) is 25.2 Å². The van der Waals surface area contributed by atoms with Crippen LogP contribution in [0.25, 0.3) is 0 Å². The Hall–Kier alpha value is -0.610. The predicted molar refractivity (Wildman–Crippen MR) is 64.0 cm³/mol. The monoisotopic (exact) mass is 231 g/mol. The Morgan fingerprint density at radius 2 is 1.62 bits per heavy atom. The van der Waals surface area contributed by atoms with Crippen molar-refractivity contribution in [3.05, 3.63) is 0 Å². The fraction of sp³-hybridized carbons (Fsp3) is 0.917. The van der Waals surface area contributed by atoms with Crippen molar-refractivity contribution in [3.63, 3.8) is 0 Å². The number of hydrogen-bond donors (Lipinski definition) is 3. The van der Waals surface area contributed by atoms with Crippen LogP contribution in [0.5, 0.6) is 0 Å². The topological polar surface area (TPSA) is 69.6 Å². The number of nitrogens with one attached hydrogen (secondary N) is 1. The van der Waals surface area contributed by atoms with Gasteiger partial charge in [0, 0.05) is 6.42 Å². The molecule has 0 bridgehead atoms. The Kier molecular flexibility index (Phi) is 5.97. The highest BCUT2D eigenvalue weighted by Crippen LogP contribution is 2.21. The van der Waals surface area contributed by atoms with Crippen LogP contribution in [-0.4, -0.2) is 34.9 Å². The van der Waals surface area contributed by atoms with E-state index in [0.717, 1.165) is 12.8 Å². The van der Waals surface area contributed by atoms with E-state index in [1.165, 1.54) is 0 Å². The number of carbonyl (C=O) groups is 1. The number of hydrogen-bond acceptors (Lipinski definition) is 3. The first kappa shape index (κ1) is 15.4. The summed E-state index contributed by atoms with van der Waals surface area (Å²) in [5.41, 5.74) is -0.670. The van der Waals surface area contributed by atoms with E-state index >= 15 is 0 Å². The van der Waals surface area contributed by atoms with Crippen LogP contribution >= 0.6 is 0 Å². The van der Waals surface area contributed by atoms with Gasteiger partial charge in [-0.15, -0.1) is 0 Å².